The van der Waals surface area contributed by atoms with Gasteiger partial charge in [0, 0.05) is 12.1 Å². The zero-order chi connectivity index (χ0) is 22.8. The Hall–Kier alpha value is -4.07. The van der Waals surface area contributed by atoms with E-state index in [9.17, 15) is 14.0 Å². The molecule has 0 radical (unpaired) electrons. The smallest absolute Gasteiger partial charge is 0.252 e. The maximum Gasteiger partial charge on any atom is 0.252 e. The summed E-state index contributed by atoms with van der Waals surface area (Å²) in [7, 11) is 0. The molecule has 2 amide bonds. The molecule has 166 valence electrons. The first-order valence-electron chi connectivity index (χ1n) is 10.8. The average Bonchev–Trinajstić information content (AvgIpc) is 3.23. The Morgan fingerprint density at radius 1 is 1.15 bits per heavy atom. The number of benzene rings is 2. The SMILES string of the molecule is O=C(NC1CCCNC1=O)c1cc(-c2ccccc2)nc2c1cnn2Cc1cccc(F)c1. The first-order chi connectivity index (χ1) is 16.1. The molecule has 1 atom stereocenters. The Kier molecular flexibility index (Phi) is 5.56. The lowest BCUT2D eigenvalue weighted by Crippen LogP contribution is -2.50. The van der Waals surface area contributed by atoms with Crippen LogP contribution in [0.15, 0.2) is 66.9 Å². The fraction of sp³-hybridized carbons (Fsp3) is 0.200. The minimum atomic E-state index is -0.572. The molecule has 0 bridgehead atoms. The summed E-state index contributed by atoms with van der Waals surface area (Å²) in [5.74, 6) is -0.857. The van der Waals surface area contributed by atoms with Crippen LogP contribution in [0, 0.1) is 5.82 Å². The molecule has 0 spiro atoms. The van der Waals surface area contributed by atoms with Gasteiger partial charge in [-0.25, -0.2) is 14.1 Å². The number of pyridine rings is 1. The van der Waals surface area contributed by atoms with Gasteiger partial charge in [-0.2, -0.15) is 5.10 Å². The van der Waals surface area contributed by atoms with Gasteiger partial charge in [-0.3, -0.25) is 9.59 Å². The van der Waals surface area contributed by atoms with Crippen LogP contribution >= 0.6 is 0 Å². The number of halogens is 1. The van der Waals surface area contributed by atoms with Crippen LogP contribution in [0.25, 0.3) is 22.3 Å². The highest BCUT2D eigenvalue weighted by atomic mass is 19.1. The van der Waals surface area contributed by atoms with Gasteiger partial charge in [0.05, 0.1) is 29.4 Å². The molecule has 7 nitrogen and oxygen atoms in total. The molecule has 33 heavy (non-hydrogen) atoms. The number of hydrogen-bond donors (Lipinski definition) is 2. The Balaban J connectivity index is 1.57. The van der Waals surface area contributed by atoms with Crippen molar-refractivity contribution < 1.29 is 14.0 Å². The second kappa shape index (κ2) is 8.82. The van der Waals surface area contributed by atoms with E-state index in [-0.39, 0.29) is 17.6 Å². The molecule has 8 heteroatoms. The Labute approximate surface area is 189 Å². The Morgan fingerprint density at radius 2 is 2.00 bits per heavy atom. The van der Waals surface area contributed by atoms with Crippen molar-refractivity contribution in [1.82, 2.24) is 25.4 Å². The van der Waals surface area contributed by atoms with E-state index >= 15 is 0 Å². The number of nitrogens with zero attached hydrogens (tertiary/aromatic N) is 3. The normalized spacial score (nSPS) is 15.9. The van der Waals surface area contributed by atoms with Crippen LogP contribution in [-0.4, -0.2) is 39.2 Å². The van der Waals surface area contributed by atoms with Crippen molar-refractivity contribution in [2.75, 3.05) is 6.54 Å². The number of amides is 2. The number of hydrogen-bond acceptors (Lipinski definition) is 4. The number of carbonyl (C=O) groups excluding carboxylic acids is 2. The van der Waals surface area contributed by atoms with Crippen molar-refractivity contribution in [2.45, 2.75) is 25.4 Å². The molecule has 1 aliphatic heterocycles. The Morgan fingerprint density at radius 3 is 2.79 bits per heavy atom. The van der Waals surface area contributed by atoms with E-state index in [0.717, 1.165) is 17.5 Å². The van der Waals surface area contributed by atoms with Crippen LogP contribution in [0.2, 0.25) is 0 Å². The minimum absolute atomic E-state index is 0.176. The molecule has 5 rings (SSSR count). The topological polar surface area (TPSA) is 88.9 Å². The van der Waals surface area contributed by atoms with Gasteiger partial charge in [-0.1, -0.05) is 42.5 Å². The van der Waals surface area contributed by atoms with Gasteiger partial charge >= 0.3 is 0 Å². The summed E-state index contributed by atoms with van der Waals surface area (Å²) in [5.41, 5.74) is 3.10. The Bertz CT molecular complexity index is 1340. The first-order valence-corrected chi connectivity index (χ1v) is 10.8. The second-order valence-electron chi connectivity index (χ2n) is 8.05. The summed E-state index contributed by atoms with van der Waals surface area (Å²) in [4.78, 5) is 30.2. The third-order valence-electron chi connectivity index (χ3n) is 5.74. The van der Waals surface area contributed by atoms with Gasteiger partial charge in [0.1, 0.15) is 11.9 Å². The molecule has 0 aliphatic carbocycles. The lowest BCUT2D eigenvalue weighted by Gasteiger charge is -2.23. The average molecular weight is 443 g/mol. The monoisotopic (exact) mass is 443 g/mol. The zero-order valence-electron chi connectivity index (χ0n) is 17.8. The number of carbonyl (C=O) groups is 2. The van der Waals surface area contributed by atoms with E-state index in [0.29, 0.717) is 41.8 Å². The van der Waals surface area contributed by atoms with Crippen LogP contribution in [0.1, 0.15) is 28.8 Å². The largest absolute Gasteiger partial charge is 0.354 e. The molecule has 2 N–H and O–H groups in total. The summed E-state index contributed by atoms with van der Waals surface area (Å²) in [6.45, 7) is 0.925. The lowest BCUT2D eigenvalue weighted by atomic mass is 10.0. The maximum absolute atomic E-state index is 13.7. The third-order valence-corrected chi connectivity index (χ3v) is 5.74. The minimum Gasteiger partial charge on any atom is -0.354 e. The number of piperidine rings is 1. The maximum atomic E-state index is 13.7. The van der Waals surface area contributed by atoms with Crippen molar-refractivity contribution >= 4 is 22.8 Å². The van der Waals surface area contributed by atoms with Crippen LogP contribution in [-0.2, 0) is 11.3 Å². The molecule has 2 aromatic carbocycles. The van der Waals surface area contributed by atoms with Gasteiger partial charge in [0.15, 0.2) is 5.65 Å². The van der Waals surface area contributed by atoms with E-state index in [4.69, 9.17) is 4.98 Å². The summed E-state index contributed by atoms with van der Waals surface area (Å²) in [5, 5.41) is 10.6. The van der Waals surface area contributed by atoms with E-state index in [1.54, 1.807) is 23.0 Å². The molecule has 1 saturated heterocycles. The molecular weight excluding hydrogens is 421 g/mol. The zero-order valence-corrected chi connectivity index (χ0v) is 17.8. The van der Waals surface area contributed by atoms with Crippen molar-refractivity contribution in [3.63, 3.8) is 0 Å². The van der Waals surface area contributed by atoms with Crippen molar-refractivity contribution in [1.29, 1.82) is 0 Å². The predicted molar refractivity (Wildman–Crippen MR) is 122 cm³/mol. The van der Waals surface area contributed by atoms with Crippen molar-refractivity contribution in [3.8, 4) is 11.3 Å². The molecule has 1 fully saturated rings. The van der Waals surface area contributed by atoms with E-state index in [1.807, 2.05) is 36.4 Å². The molecule has 1 unspecified atom stereocenters. The number of rotatable bonds is 5. The summed E-state index contributed by atoms with van der Waals surface area (Å²) >= 11 is 0. The molecule has 2 aromatic heterocycles. The van der Waals surface area contributed by atoms with Crippen molar-refractivity contribution in [2.24, 2.45) is 0 Å². The van der Waals surface area contributed by atoms with Gasteiger partial charge in [0.25, 0.3) is 5.91 Å². The highest BCUT2D eigenvalue weighted by Gasteiger charge is 2.26. The fourth-order valence-corrected chi connectivity index (χ4v) is 4.06. The van der Waals surface area contributed by atoms with Crippen LogP contribution in [0.4, 0.5) is 4.39 Å². The standard InChI is InChI=1S/C25H22FN5O2/c26-18-9-4-6-16(12-18)15-31-23-20(14-28-31)19(13-22(29-23)17-7-2-1-3-8-17)24(32)30-21-10-5-11-27-25(21)33/h1-4,6-9,12-14,21H,5,10-11,15H2,(H,27,33)(H,30,32). The highest BCUT2D eigenvalue weighted by molar-refractivity contribution is 6.07. The number of fused-ring (bicyclic) bond motifs is 1. The van der Waals surface area contributed by atoms with E-state index < -0.39 is 6.04 Å². The van der Waals surface area contributed by atoms with Gasteiger partial charge in [-0.05, 0) is 36.6 Å². The van der Waals surface area contributed by atoms with Gasteiger partial charge < -0.3 is 10.6 Å². The third kappa shape index (κ3) is 4.32. The lowest BCUT2D eigenvalue weighted by molar-refractivity contribution is -0.124. The second-order valence-corrected chi connectivity index (χ2v) is 8.05. The van der Waals surface area contributed by atoms with Crippen LogP contribution in [0.5, 0.6) is 0 Å². The van der Waals surface area contributed by atoms with Crippen LogP contribution in [0.3, 0.4) is 0 Å². The molecule has 4 aromatic rings. The molecular formula is C25H22FN5O2. The summed E-state index contributed by atoms with van der Waals surface area (Å²) in [6, 6.07) is 17.0. The molecule has 3 heterocycles. The number of nitrogens with one attached hydrogen (secondary N) is 2. The number of aromatic nitrogens is 3. The first kappa shape index (κ1) is 20.8. The summed E-state index contributed by atoms with van der Waals surface area (Å²) < 4.78 is 15.3. The highest BCUT2D eigenvalue weighted by Crippen LogP contribution is 2.26. The quantitative estimate of drug-likeness (QED) is 0.495. The predicted octanol–water partition coefficient (Wildman–Crippen LogP) is 3.29. The van der Waals surface area contributed by atoms with Gasteiger partial charge in [0.2, 0.25) is 5.91 Å². The van der Waals surface area contributed by atoms with Crippen LogP contribution < -0.4 is 10.6 Å². The molecule has 0 saturated carbocycles. The molecule has 1 aliphatic rings. The van der Waals surface area contributed by atoms with E-state index in [2.05, 4.69) is 15.7 Å². The fourth-order valence-electron chi connectivity index (χ4n) is 4.06. The summed E-state index contributed by atoms with van der Waals surface area (Å²) in [6.07, 6.45) is 2.99. The van der Waals surface area contributed by atoms with Gasteiger partial charge in [-0.15, -0.1) is 0 Å². The van der Waals surface area contributed by atoms with Crippen molar-refractivity contribution in [3.05, 3.63) is 83.8 Å². The van der Waals surface area contributed by atoms with E-state index in [1.165, 1.54) is 12.1 Å².